The molecule has 0 aliphatic carbocycles. The number of nitrogens with two attached hydrogens (primary N) is 1. The standard InChI is InChI=1S/C20H16F3NO/c21-20(22,23)17-13-16(11-12-18(17)24)25-19(14-7-3-1-4-8-14)15-9-5-2-6-10-15/h1-13,19H,24H2. The zero-order valence-electron chi connectivity index (χ0n) is 13.2. The van der Waals surface area contributed by atoms with Crippen LogP contribution in [0.2, 0.25) is 0 Å². The molecule has 0 fully saturated rings. The average Bonchev–Trinajstić information content (AvgIpc) is 2.61. The molecule has 0 saturated carbocycles. The largest absolute Gasteiger partial charge is 0.481 e. The molecule has 0 aliphatic heterocycles. The first-order valence-corrected chi connectivity index (χ1v) is 7.68. The Balaban J connectivity index is 1.99. The summed E-state index contributed by atoms with van der Waals surface area (Å²) in [4.78, 5) is 0. The van der Waals surface area contributed by atoms with Gasteiger partial charge in [0.2, 0.25) is 0 Å². The van der Waals surface area contributed by atoms with Crippen molar-refractivity contribution in [2.45, 2.75) is 12.3 Å². The Labute approximate surface area is 143 Å². The molecular formula is C20H16F3NO. The van der Waals surface area contributed by atoms with Crippen molar-refractivity contribution in [1.29, 1.82) is 0 Å². The van der Waals surface area contributed by atoms with Crippen LogP contribution in [-0.2, 0) is 6.18 Å². The van der Waals surface area contributed by atoms with E-state index in [0.29, 0.717) is 0 Å². The van der Waals surface area contributed by atoms with Crippen LogP contribution in [0.1, 0.15) is 22.8 Å². The van der Waals surface area contributed by atoms with Crippen molar-refractivity contribution >= 4 is 5.69 Å². The molecule has 3 aromatic carbocycles. The molecule has 0 spiro atoms. The second-order valence-corrected chi connectivity index (χ2v) is 5.57. The number of halogens is 3. The number of nitrogen functional groups attached to an aromatic ring is 1. The van der Waals surface area contributed by atoms with Gasteiger partial charge in [-0.2, -0.15) is 13.2 Å². The highest BCUT2D eigenvalue weighted by atomic mass is 19.4. The van der Waals surface area contributed by atoms with Crippen molar-refractivity contribution in [2.24, 2.45) is 0 Å². The Morgan fingerprint density at radius 2 is 1.28 bits per heavy atom. The molecule has 25 heavy (non-hydrogen) atoms. The van der Waals surface area contributed by atoms with Crippen LogP contribution in [0.5, 0.6) is 5.75 Å². The van der Waals surface area contributed by atoms with Crippen LogP contribution in [0.15, 0.2) is 78.9 Å². The summed E-state index contributed by atoms with van der Waals surface area (Å²) in [7, 11) is 0. The van der Waals surface area contributed by atoms with Crippen molar-refractivity contribution in [1.82, 2.24) is 0 Å². The van der Waals surface area contributed by atoms with Gasteiger partial charge in [0.05, 0.1) is 5.56 Å². The lowest BCUT2D eigenvalue weighted by Crippen LogP contribution is -2.12. The maximum atomic E-state index is 13.1. The normalized spacial score (nSPS) is 11.5. The maximum absolute atomic E-state index is 13.1. The Kier molecular flexibility index (Phi) is 4.65. The smallest absolute Gasteiger partial charge is 0.418 e. The van der Waals surface area contributed by atoms with Gasteiger partial charge in [-0.15, -0.1) is 0 Å². The molecule has 0 atom stereocenters. The molecule has 0 aromatic heterocycles. The summed E-state index contributed by atoms with van der Waals surface area (Å²) >= 11 is 0. The summed E-state index contributed by atoms with van der Waals surface area (Å²) in [6, 6.07) is 22.3. The van der Waals surface area contributed by atoms with Crippen LogP contribution in [0.3, 0.4) is 0 Å². The molecule has 0 aliphatic rings. The Bertz CT molecular complexity index is 793. The summed E-state index contributed by atoms with van der Waals surface area (Å²) in [5.74, 6) is 0.110. The fourth-order valence-corrected chi connectivity index (χ4v) is 2.57. The highest BCUT2D eigenvalue weighted by molar-refractivity contribution is 5.52. The van der Waals surface area contributed by atoms with E-state index in [1.165, 1.54) is 12.1 Å². The first-order valence-electron chi connectivity index (χ1n) is 7.68. The molecule has 3 rings (SSSR count). The third-order valence-electron chi connectivity index (χ3n) is 3.79. The van der Waals surface area contributed by atoms with E-state index in [2.05, 4.69) is 0 Å². The summed E-state index contributed by atoms with van der Waals surface area (Å²) in [6.45, 7) is 0. The van der Waals surface area contributed by atoms with Crippen molar-refractivity contribution in [2.75, 3.05) is 5.73 Å². The van der Waals surface area contributed by atoms with Gasteiger partial charge in [0, 0.05) is 5.69 Å². The van der Waals surface area contributed by atoms with E-state index in [9.17, 15) is 13.2 Å². The minimum absolute atomic E-state index is 0.110. The summed E-state index contributed by atoms with van der Waals surface area (Å²) < 4.78 is 45.2. The molecule has 5 heteroatoms. The van der Waals surface area contributed by atoms with Gasteiger partial charge in [-0.3, -0.25) is 0 Å². The zero-order chi connectivity index (χ0) is 17.9. The summed E-state index contributed by atoms with van der Waals surface area (Å²) in [5.41, 5.74) is 5.92. The lowest BCUT2D eigenvalue weighted by Gasteiger charge is -2.21. The van der Waals surface area contributed by atoms with Crippen LogP contribution >= 0.6 is 0 Å². The Morgan fingerprint density at radius 1 is 0.760 bits per heavy atom. The minimum atomic E-state index is -4.53. The molecule has 0 bridgehead atoms. The summed E-state index contributed by atoms with van der Waals surface area (Å²) in [5, 5.41) is 0. The fraction of sp³-hybridized carbons (Fsp3) is 0.100. The predicted molar refractivity (Wildman–Crippen MR) is 91.2 cm³/mol. The number of ether oxygens (including phenoxy) is 1. The molecule has 0 saturated heterocycles. The van der Waals surface area contributed by atoms with E-state index in [1.807, 2.05) is 60.7 Å². The van der Waals surface area contributed by atoms with Gasteiger partial charge < -0.3 is 10.5 Å². The van der Waals surface area contributed by atoms with Gasteiger partial charge in [0.25, 0.3) is 0 Å². The van der Waals surface area contributed by atoms with Crippen molar-refractivity contribution in [3.8, 4) is 5.75 Å². The predicted octanol–water partition coefficient (Wildman–Crippen LogP) is 5.46. The maximum Gasteiger partial charge on any atom is 0.418 e. The van der Waals surface area contributed by atoms with E-state index >= 15 is 0 Å². The zero-order valence-corrected chi connectivity index (χ0v) is 13.2. The van der Waals surface area contributed by atoms with Gasteiger partial charge in [-0.05, 0) is 29.3 Å². The SMILES string of the molecule is Nc1ccc(OC(c2ccccc2)c2ccccc2)cc1C(F)(F)F. The number of benzene rings is 3. The number of alkyl halides is 3. The number of rotatable bonds is 4. The topological polar surface area (TPSA) is 35.2 Å². The number of hydrogen-bond donors (Lipinski definition) is 1. The lowest BCUT2D eigenvalue weighted by molar-refractivity contribution is -0.137. The van der Waals surface area contributed by atoms with E-state index in [1.54, 1.807) is 0 Å². The molecule has 128 valence electrons. The van der Waals surface area contributed by atoms with Crippen molar-refractivity contribution in [3.63, 3.8) is 0 Å². The molecule has 0 amide bonds. The highest BCUT2D eigenvalue weighted by Crippen LogP contribution is 2.37. The molecule has 0 heterocycles. The average molecular weight is 343 g/mol. The number of hydrogen-bond acceptors (Lipinski definition) is 2. The van der Waals surface area contributed by atoms with E-state index in [-0.39, 0.29) is 11.4 Å². The Hall–Kier alpha value is -2.95. The molecule has 2 N–H and O–H groups in total. The van der Waals surface area contributed by atoms with Gasteiger partial charge in [-0.1, -0.05) is 60.7 Å². The van der Waals surface area contributed by atoms with Gasteiger partial charge in [-0.25, -0.2) is 0 Å². The lowest BCUT2D eigenvalue weighted by atomic mass is 10.0. The third kappa shape index (κ3) is 3.94. The molecular weight excluding hydrogens is 327 g/mol. The van der Waals surface area contributed by atoms with Crippen LogP contribution in [-0.4, -0.2) is 0 Å². The van der Waals surface area contributed by atoms with Crippen LogP contribution < -0.4 is 10.5 Å². The molecule has 0 radical (unpaired) electrons. The second kappa shape index (κ2) is 6.89. The van der Waals surface area contributed by atoms with E-state index < -0.39 is 17.8 Å². The first kappa shape index (κ1) is 16.9. The van der Waals surface area contributed by atoms with Gasteiger partial charge >= 0.3 is 6.18 Å². The molecule has 0 unspecified atom stereocenters. The molecule has 2 nitrogen and oxygen atoms in total. The Morgan fingerprint density at radius 3 is 1.76 bits per heavy atom. The van der Waals surface area contributed by atoms with Crippen molar-refractivity contribution < 1.29 is 17.9 Å². The van der Waals surface area contributed by atoms with Gasteiger partial charge in [0.15, 0.2) is 0 Å². The van der Waals surface area contributed by atoms with Gasteiger partial charge in [0.1, 0.15) is 11.9 Å². The van der Waals surface area contributed by atoms with Crippen LogP contribution in [0.4, 0.5) is 18.9 Å². The monoisotopic (exact) mass is 343 g/mol. The first-order chi connectivity index (χ1) is 11.9. The third-order valence-corrected chi connectivity index (χ3v) is 3.79. The van der Waals surface area contributed by atoms with E-state index in [4.69, 9.17) is 10.5 Å². The van der Waals surface area contributed by atoms with Crippen LogP contribution in [0, 0.1) is 0 Å². The number of anilines is 1. The molecule has 3 aromatic rings. The van der Waals surface area contributed by atoms with Crippen LogP contribution in [0.25, 0.3) is 0 Å². The second-order valence-electron chi connectivity index (χ2n) is 5.57. The van der Waals surface area contributed by atoms with Crippen molar-refractivity contribution in [3.05, 3.63) is 95.6 Å². The highest BCUT2D eigenvalue weighted by Gasteiger charge is 2.33. The minimum Gasteiger partial charge on any atom is -0.481 e. The fourth-order valence-electron chi connectivity index (χ4n) is 2.57. The summed E-state index contributed by atoms with van der Waals surface area (Å²) in [6.07, 6.45) is -5.05. The van der Waals surface area contributed by atoms with E-state index in [0.717, 1.165) is 17.2 Å². The quantitative estimate of drug-likeness (QED) is 0.639.